The van der Waals surface area contributed by atoms with E-state index < -0.39 is 11.9 Å². The number of hydrogen-bond acceptors (Lipinski definition) is 3. The molecule has 0 bridgehead atoms. The van der Waals surface area contributed by atoms with Gasteiger partial charge < -0.3 is 14.7 Å². The minimum absolute atomic E-state index is 0.0216. The summed E-state index contributed by atoms with van der Waals surface area (Å²) in [6, 6.07) is 9.24. The lowest BCUT2D eigenvalue weighted by molar-refractivity contribution is -0.144. The number of benzene rings is 1. The number of carbonyl (C=O) groups is 2. The molecule has 0 spiro atoms. The molecule has 2 aliphatic carbocycles. The zero-order valence-corrected chi connectivity index (χ0v) is 15.9. The van der Waals surface area contributed by atoms with E-state index in [-0.39, 0.29) is 30.4 Å². The van der Waals surface area contributed by atoms with Crippen LogP contribution in [0.3, 0.4) is 0 Å². The van der Waals surface area contributed by atoms with Gasteiger partial charge in [0.2, 0.25) is 5.91 Å². The number of para-hydroxylation sites is 1. The van der Waals surface area contributed by atoms with Crippen LogP contribution < -0.4 is 4.90 Å². The van der Waals surface area contributed by atoms with E-state index in [2.05, 4.69) is 0 Å². The Labute approximate surface area is 160 Å². The van der Waals surface area contributed by atoms with Gasteiger partial charge in [0.15, 0.2) is 0 Å². The van der Waals surface area contributed by atoms with Gasteiger partial charge in [0.1, 0.15) is 0 Å². The molecule has 5 nitrogen and oxygen atoms in total. The van der Waals surface area contributed by atoms with Crippen LogP contribution in [0.4, 0.5) is 5.69 Å². The Hall–Kier alpha value is -1.88. The normalized spacial score (nSPS) is 36.5. The maximum Gasteiger partial charge on any atom is 0.309 e. The highest BCUT2D eigenvalue weighted by Crippen LogP contribution is 2.50. The van der Waals surface area contributed by atoms with Crippen molar-refractivity contribution in [1.29, 1.82) is 0 Å². The second-order valence-electron chi connectivity index (χ2n) is 8.38. The number of carboxylic acid groups (broad SMARTS) is 1. The Morgan fingerprint density at radius 2 is 1.85 bits per heavy atom. The predicted octanol–water partition coefficient (Wildman–Crippen LogP) is 3.72. The van der Waals surface area contributed by atoms with Gasteiger partial charge in [-0.2, -0.15) is 0 Å². The summed E-state index contributed by atoms with van der Waals surface area (Å²) in [5, 5.41) is 9.93. The molecular formula is C22H29NO4. The van der Waals surface area contributed by atoms with Crippen molar-refractivity contribution in [3.63, 3.8) is 0 Å². The summed E-state index contributed by atoms with van der Waals surface area (Å²) in [7, 11) is 1.74. The van der Waals surface area contributed by atoms with Gasteiger partial charge in [0, 0.05) is 25.1 Å². The lowest BCUT2D eigenvalue weighted by atomic mass is 9.61. The third-order valence-electron chi connectivity index (χ3n) is 7.14. The first-order chi connectivity index (χ1) is 13.1. The summed E-state index contributed by atoms with van der Waals surface area (Å²) >= 11 is 0. The minimum atomic E-state index is -0.862. The van der Waals surface area contributed by atoms with Crippen molar-refractivity contribution in [2.75, 3.05) is 12.0 Å². The Bertz CT molecular complexity index is 691. The first-order valence-corrected chi connectivity index (χ1v) is 10.2. The molecule has 0 radical (unpaired) electrons. The summed E-state index contributed by atoms with van der Waals surface area (Å²) in [4.78, 5) is 26.8. The molecule has 1 amide bonds. The average molecular weight is 371 g/mol. The van der Waals surface area contributed by atoms with Crippen LogP contribution in [0.25, 0.3) is 0 Å². The summed E-state index contributed by atoms with van der Waals surface area (Å²) < 4.78 is 5.88. The molecule has 146 valence electrons. The molecule has 1 heterocycles. The number of methoxy groups -OCH3 is 1. The van der Waals surface area contributed by atoms with E-state index in [0.717, 1.165) is 24.9 Å². The Morgan fingerprint density at radius 1 is 1.11 bits per heavy atom. The zero-order valence-electron chi connectivity index (χ0n) is 15.9. The van der Waals surface area contributed by atoms with Crippen LogP contribution in [0, 0.1) is 23.7 Å². The summed E-state index contributed by atoms with van der Waals surface area (Å²) in [6.45, 7) is 0. The molecule has 2 saturated carbocycles. The zero-order chi connectivity index (χ0) is 19.0. The van der Waals surface area contributed by atoms with Crippen LogP contribution >= 0.6 is 0 Å². The monoisotopic (exact) mass is 371 g/mol. The lowest BCUT2D eigenvalue weighted by Gasteiger charge is -2.49. The fourth-order valence-electron chi connectivity index (χ4n) is 6.03. The minimum Gasteiger partial charge on any atom is -0.481 e. The number of anilines is 1. The molecule has 0 aromatic heterocycles. The molecule has 27 heavy (non-hydrogen) atoms. The Balaban J connectivity index is 1.77. The third kappa shape index (κ3) is 3.27. The number of carbonyl (C=O) groups excluding carboxylic acids is 1. The van der Waals surface area contributed by atoms with Crippen molar-refractivity contribution in [2.24, 2.45) is 23.7 Å². The maximum absolute atomic E-state index is 12.9. The fraction of sp³-hybridized carbons (Fsp3) is 0.636. The molecule has 1 aromatic carbocycles. The molecule has 1 N–H and O–H groups in total. The maximum atomic E-state index is 12.9. The van der Waals surface area contributed by atoms with E-state index in [1.807, 2.05) is 30.3 Å². The fourth-order valence-corrected chi connectivity index (χ4v) is 6.03. The predicted molar refractivity (Wildman–Crippen MR) is 102 cm³/mol. The van der Waals surface area contributed by atoms with E-state index in [0.29, 0.717) is 11.8 Å². The molecule has 6 unspecified atom stereocenters. The van der Waals surface area contributed by atoms with Crippen molar-refractivity contribution >= 4 is 17.6 Å². The first-order valence-electron chi connectivity index (χ1n) is 10.2. The lowest BCUT2D eigenvalue weighted by Crippen LogP contribution is -2.54. The molecule has 3 aliphatic rings. The highest BCUT2D eigenvalue weighted by Gasteiger charge is 2.54. The van der Waals surface area contributed by atoms with Gasteiger partial charge in [-0.25, -0.2) is 0 Å². The molecule has 5 heteroatoms. The van der Waals surface area contributed by atoms with Crippen molar-refractivity contribution in [2.45, 2.75) is 57.1 Å². The van der Waals surface area contributed by atoms with Gasteiger partial charge in [-0.05, 0) is 43.2 Å². The van der Waals surface area contributed by atoms with E-state index in [1.165, 1.54) is 19.3 Å². The first kappa shape index (κ1) is 18.5. The van der Waals surface area contributed by atoms with E-state index >= 15 is 0 Å². The van der Waals surface area contributed by atoms with Crippen LogP contribution in [0.5, 0.6) is 0 Å². The van der Waals surface area contributed by atoms with Crippen LogP contribution in [0.1, 0.15) is 44.9 Å². The van der Waals surface area contributed by atoms with Crippen LogP contribution in [0.2, 0.25) is 0 Å². The topological polar surface area (TPSA) is 66.8 Å². The SMILES string of the molecule is COC1CCC2CCCCC2C1C1C(C(=O)O)CC(=O)N1c1ccccc1. The summed E-state index contributed by atoms with van der Waals surface area (Å²) in [5.41, 5.74) is 0.809. The second kappa shape index (κ2) is 7.63. The number of amides is 1. The van der Waals surface area contributed by atoms with Gasteiger partial charge in [-0.1, -0.05) is 37.5 Å². The van der Waals surface area contributed by atoms with Gasteiger partial charge in [-0.15, -0.1) is 0 Å². The molecular weight excluding hydrogens is 342 g/mol. The molecule has 4 rings (SSSR count). The number of nitrogens with zero attached hydrogens (tertiary/aromatic N) is 1. The van der Waals surface area contributed by atoms with Crippen molar-refractivity contribution in [3.8, 4) is 0 Å². The average Bonchev–Trinajstić information content (AvgIpc) is 3.04. The van der Waals surface area contributed by atoms with Crippen LogP contribution in [0.15, 0.2) is 30.3 Å². The summed E-state index contributed by atoms with van der Waals surface area (Å²) in [6.07, 6.45) is 7.02. The molecule has 6 atom stereocenters. The van der Waals surface area contributed by atoms with Gasteiger partial charge in [0.05, 0.1) is 18.1 Å². The number of hydrogen-bond donors (Lipinski definition) is 1. The molecule has 1 saturated heterocycles. The summed E-state index contributed by atoms with van der Waals surface area (Å²) in [5.74, 6) is -0.437. The van der Waals surface area contributed by atoms with Crippen molar-refractivity contribution in [1.82, 2.24) is 0 Å². The highest BCUT2D eigenvalue weighted by atomic mass is 16.5. The molecule has 3 fully saturated rings. The Kier molecular flexibility index (Phi) is 5.22. The van der Waals surface area contributed by atoms with Gasteiger partial charge in [-0.3, -0.25) is 9.59 Å². The van der Waals surface area contributed by atoms with E-state index in [9.17, 15) is 14.7 Å². The van der Waals surface area contributed by atoms with E-state index in [4.69, 9.17) is 4.74 Å². The molecule has 1 aromatic rings. The van der Waals surface area contributed by atoms with Crippen molar-refractivity contribution < 1.29 is 19.4 Å². The standard InChI is InChI=1S/C22H29NO4/c1-27-18-12-11-14-7-5-6-10-16(14)20(18)21-17(22(25)26)13-19(24)23(21)15-8-3-2-4-9-15/h2-4,8-9,14,16-18,20-21H,5-7,10-13H2,1H3,(H,25,26). The quantitative estimate of drug-likeness (QED) is 0.876. The van der Waals surface area contributed by atoms with E-state index in [1.54, 1.807) is 12.0 Å². The van der Waals surface area contributed by atoms with Crippen LogP contribution in [-0.2, 0) is 14.3 Å². The number of rotatable bonds is 4. The number of ether oxygens (including phenoxy) is 1. The van der Waals surface area contributed by atoms with Crippen molar-refractivity contribution in [3.05, 3.63) is 30.3 Å². The van der Waals surface area contributed by atoms with Gasteiger partial charge in [0.25, 0.3) is 0 Å². The number of aliphatic carboxylic acids is 1. The number of fused-ring (bicyclic) bond motifs is 1. The third-order valence-corrected chi connectivity index (χ3v) is 7.14. The van der Waals surface area contributed by atoms with Crippen LogP contribution in [-0.4, -0.2) is 36.2 Å². The molecule has 1 aliphatic heterocycles. The largest absolute Gasteiger partial charge is 0.481 e. The Morgan fingerprint density at radius 3 is 2.56 bits per heavy atom. The second-order valence-corrected chi connectivity index (χ2v) is 8.38. The smallest absolute Gasteiger partial charge is 0.309 e. The highest BCUT2D eigenvalue weighted by molar-refractivity contribution is 6.00. The van der Waals surface area contributed by atoms with Gasteiger partial charge >= 0.3 is 5.97 Å². The number of carboxylic acids is 1.